The Morgan fingerprint density at radius 1 is 1.12 bits per heavy atom. The van der Waals surface area contributed by atoms with E-state index in [9.17, 15) is 0 Å². The largest absolute Gasteiger partial charge is 0.493 e. The predicted octanol–water partition coefficient (Wildman–Crippen LogP) is 4.40. The van der Waals surface area contributed by atoms with Gasteiger partial charge >= 0.3 is 0 Å². The highest BCUT2D eigenvalue weighted by molar-refractivity contribution is 5.66. The second-order valence-electron chi connectivity index (χ2n) is 6.02. The topological polar surface area (TPSA) is 61.0 Å². The van der Waals surface area contributed by atoms with Crippen LogP contribution in [-0.4, -0.2) is 21.7 Å². The summed E-state index contributed by atoms with van der Waals surface area (Å²) in [6.45, 7) is 6.94. The first-order valence-corrected chi connectivity index (χ1v) is 8.17. The van der Waals surface area contributed by atoms with Crippen molar-refractivity contribution in [2.75, 3.05) is 6.61 Å². The number of hydrogen-bond donors (Lipinski definition) is 0. The van der Waals surface area contributed by atoms with E-state index in [4.69, 9.17) is 9.26 Å². The van der Waals surface area contributed by atoms with Crippen LogP contribution in [-0.2, 0) is 6.42 Å². The monoisotopic (exact) mass is 323 g/mol. The van der Waals surface area contributed by atoms with Crippen molar-refractivity contribution in [3.8, 4) is 28.6 Å². The molecule has 24 heavy (non-hydrogen) atoms. The van der Waals surface area contributed by atoms with Crippen LogP contribution >= 0.6 is 0 Å². The van der Waals surface area contributed by atoms with E-state index in [2.05, 4.69) is 41.1 Å². The normalized spacial score (nSPS) is 11.0. The summed E-state index contributed by atoms with van der Waals surface area (Å²) in [6, 6.07) is 9.86. The highest BCUT2D eigenvalue weighted by atomic mass is 16.5. The number of aromatic nitrogens is 3. The van der Waals surface area contributed by atoms with Gasteiger partial charge in [-0.25, -0.2) is 0 Å². The molecule has 0 N–H and O–H groups in total. The van der Waals surface area contributed by atoms with E-state index < -0.39 is 0 Å². The molecular formula is C19H21N3O2. The van der Waals surface area contributed by atoms with E-state index in [-0.39, 0.29) is 0 Å². The molecule has 0 fully saturated rings. The van der Waals surface area contributed by atoms with E-state index in [1.807, 2.05) is 25.1 Å². The van der Waals surface area contributed by atoms with Gasteiger partial charge in [-0.2, -0.15) is 4.98 Å². The van der Waals surface area contributed by atoms with Gasteiger partial charge in [-0.3, -0.25) is 4.98 Å². The average Bonchev–Trinajstić information content (AvgIpc) is 3.07. The van der Waals surface area contributed by atoms with Gasteiger partial charge in [0.1, 0.15) is 5.75 Å². The molecule has 0 spiro atoms. The van der Waals surface area contributed by atoms with E-state index in [0.717, 1.165) is 23.3 Å². The number of rotatable bonds is 6. The molecule has 0 bridgehead atoms. The quantitative estimate of drug-likeness (QED) is 0.673. The summed E-state index contributed by atoms with van der Waals surface area (Å²) in [7, 11) is 0. The highest BCUT2D eigenvalue weighted by Gasteiger charge is 2.16. The summed E-state index contributed by atoms with van der Waals surface area (Å²) in [6.07, 6.45) is 4.41. The molecule has 2 heterocycles. The minimum absolute atomic E-state index is 0.468. The van der Waals surface area contributed by atoms with Crippen molar-refractivity contribution in [1.29, 1.82) is 0 Å². The Morgan fingerprint density at radius 3 is 2.62 bits per heavy atom. The maximum atomic E-state index is 5.73. The molecule has 0 amide bonds. The summed E-state index contributed by atoms with van der Waals surface area (Å²) in [4.78, 5) is 8.54. The van der Waals surface area contributed by atoms with Gasteiger partial charge in [-0.1, -0.05) is 25.1 Å². The molecule has 0 radical (unpaired) electrons. The van der Waals surface area contributed by atoms with Gasteiger partial charge in [0, 0.05) is 18.0 Å². The molecule has 0 unspecified atom stereocenters. The van der Waals surface area contributed by atoms with Gasteiger partial charge in [-0.15, -0.1) is 0 Å². The van der Waals surface area contributed by atoms with Crippen molar-refractivity contribution < 1.29 is 9.26 Å². The molecule has 0 aliphatic heterocycles. The first kappa shape index (κ1) is 16.2. The Hall–Kier alpha value is -2.69. The van der Waals surface area contributed by atoms with Crippen LogP contribution in [0.2, 0.25) is 0 Å². The molecule has 5 heteroatoms. The number of hydrogen-bond acceptors (Lipinski definition) is 5. The number of ether oxygens (including phenoxy) is 1. The SMILES string of the molecule is CCOc1ccc(CC(C)C)cc1-c1nc(-c2ccncc2)no1. The first-order chi connectivity index (χ1) is 11.7. The summed E-state index contributed by atoms with van der Waals surface area (Å²) >= 11 is 0. The van der Waals surface area contributed by atoms with Crippen LogP contribution in [0.25, 0.3) is 22.8 Å². The Balaban J connectivity index is 1.99. The van der Waals surface area contributed by atoms with Gasteiger partial charge in [-0.05, 0) is 49.1 Å². The molecule has 3 aromatic rings. The molecule has 0 aliphatic rings. The fourth-order valence-corrected chi connectivity index (χ4v) is 2.58. The van der Waals surface area contributed by atoms with E-state index in [1.165, 1.54) is 5.56 Å². The molecule has 1 aromatic carbocycles. The van der Waals surface area contributed by atoms with Crippen LogP contribution in [0.4, 0.5) is 0 Å². The summed E-state index contributed by atoms with van der Waals surface area (Å²) < 4.78 is 11.2. The standard InChI is InChI=1S/C19H21N3O2/c1-4-23-17-6-5-14(11-13(2)3)12-16(17)19-21-18(22-24-19)15-7-9-20-10-8-15/h5-10,12-13H,4,11H2,1-3H3. The van der Waals surface area contributed by atoms with Gasteiger partial charge in [0.05, 0.1) is 12.2 Å². The lowest BCUT2D eigenvalue weighted by atomic mass is 10.0. The van der Waals surface area contributed by atoms with Crippen molar-refractivity contribution in [1.82, 2.24) is 15.1 Å². The van der Waals surface area contributed by atoms with Gasteiger partial charge in [0.2, 0.25) is 5.82 Å². The zero-order valence-corrected chi connectivity index (χ0v) is 14.2. The van der Waals surface area contributed by atoms with Crippen LogP contribution in [0, 0.1) is 5.92 Å². The van der Waals surface area contributed by atoms with Crippen LogP contribution in [0.5, 0.6) is 5.75 Å². The molecule has 0 saturated heterocycles. The van der Waals surface area contributed by atoms with Gasteiger partial charge in [0.25, 0.3) is 5.89 Å². The number of pyridine rings is 1. The van der Waals surface area contributed by atoms with Crippen molar-refractivity contribution in [3.63, 3.8) is 0 Å². The average molecular weight is 323 g/mol. The minimum Gasteiger partial charge on any atom is -0.493 e. The first-order valence-electron chi connectivity index (χ1n) is 8.17. The summed E-state index contributed by atoms with van der Waals surface area (Å²) in [5, 5.41) is 4.09. The maximum Gasteiger partial charge on any atom is 0.262 e. The fourth-order valence-electron chi connectivity index (χ4n) is 2.58. The lowest BCUT2D eigenvalue weighted by Gasteiger charge is -2.11. The second-order valence-corrected chi connectivity index (χ2v) is 6.02. The van der Waals surface area contributed by atoms with Crippen LogP contribution < -0.4 is 4.74 Å². The van der Waals surface area contributed by atoms with Crippen LogP contribution in [0.15, 0.2) is 47.2 Å². The Morgan fingerprint density at radius 2 is 1.92 bits per heavy atom. The van der Waals surface area contributed by atoms with Gasteiger partial charge < -0.3 is 9.26 Å². The number of nitrogens with zero attached hydrogens (tertiary/aromatic N) is 3. The molecule has 0 saturated carbocycles. The maximum absolute atomic E-state index is 5.73. The summed E-state index contributed by atoms with van der Waals surface area (Å²) in [5.74, 6) is 2.35. The molecule has 2 aromatic heterocycles. The Labute approximate surface area is 141 Å². The number of benzene rings is 1. The third-order valence-corrected chi connectivity index (χ3v) is 3.58. The third-order valence-electron chi connectivity index (χ3n) is 3.58. The van der Waals surface area contributed by atoms with Crippen LogP contribution in [0.3, 0.4) is 0 Å². The third kappa shape index (κ3) is 3.62. The zero-order valence-electron chi connectivity index (χ0n) is 14.2. The fraction of sp³-hybridized carbons (Fsp3) is 0.316. The van der Waals surface area contributed by atoms with Crippen LogP contribution in [0.1, 0.15) is 26.3 Å². The smallest absolute Gasteiger partial charge is 0.262 e. The minimum atomic E-state index is 0.468. The zero-order chi connectivity index (χ0) is 16.9. The second kappa shape index (κ2) is 7.25. The van der Waals surface area contributed by atoms with E-state index >= 15 is 0 Å². The molecule has 0 atom stereocenters. The Kier molecular flexibility index (Phi) is 4.89. The molecule has 124 valence electrons. The van der Waals surface area contributed by atoms with E-state index in [1.54, 1.807) is 12.4 Å². The van der Waals surface area contributed by atoms with Crippen molar-refractivity contribution in [3.05, 3.63) is 48.3 Å². The molecule has 0 aliphatic carbocycles. The lowest BCUT2D eigenvalue weighted by molar-refractivity contribution is 0.339. The molecular weight excluding hydrogens is 302 g/mol. The van der Waals surface area contributed by atoms with Crippen molar-refractivity contribution in [2.45, 2.75) is 27.2 Å². The highest BCUT2D eigenvalue weighted by Crippen LogP contribution is 2.32. The predicted molar refractivity (Wildman–Crippen MR) is 92.7 cm³/mol. The van der Waals surface area contributed by atoms with E-state index in [0.29, 0.717) is 24.2 Å². The van der Waals surface area contributed by atoms with Crippen molar-refractivity contribution >= 4 is 0 Å². The lowest BCUT2D eigenvalue weighted by Crippen LogP contribution is -1.98. The van der Waals surface area contributed by atoms with Crippen molar-refractivity contribution in [2.24, 2.45) is 5.92 Å². The Bertz CT molecular complexity index is 797. The molecule has 5 nitrogen and oxygen atoms in total. The summed E-state index contributed by atoms with van der Waals surface area (Å²) in [5.41, 5.74) is 2.94. The molecule has 3 rings (SSSR count). The van der Waals surface area contributed by atoms with Gasteiger partial charge in [0.15, 0.2) is 0 Å².